The summed E-state index contributed by atoms with van der Waals surface area (Å²) in [5, 5.41) is 0. The minimum atomic E-state index is 0.302. The number of hydrogen-bond acceptors (Lipinski definition) is 4. The molecule has 0 amide bonds. The third-order valence-electron chi connectivity index (χ3n) is 2.11. The zero-order chi connectivity index (χ0) is 9.10. The SMILES string of the molecule is O=Cc1cnc(OC2CCC2)cn1. The Morgan fingerprint density at radius 3 is 2.69 bits per heavy atom. The summed E-state index contributed by atoms with van der Waals surface area (Å²) in [5.74, 6) is 0.510. The van der Waals surface area contributed by atoms with Crippen LogP contribution in [0.3, 0.4) is 0 Å². The first-order valence-electron chi connectivity index (χ1n) is 4.32. The molecule has 0 saturated heterocycles. The molecule has 0 unspecified atom stereocenters. The predicted molar refractivity (Wildman–Crippen MR) is 45.7 cm³/mol. The minimum Gasteiger partial charge on any atom is -0.473 e. The lowest BCUT2D eigenvalue weighted by Crippen LogP contribution is -2.25. The largest absolute Gasteiger partial charge is 0.473 e. The van der Waals surface area contributed by atoms with Crippen molar-refractivity contribution in [2.24, 2.45) is 0 Å². The van der Waals surface area contributed by atoms with E-state index >= 15 is 0 Å². The van der Waals surface area contributed by atoms with E-state index in [4.69, 9.17) is 4.74 Å². The lowest BCUT2D eigenvalue weighted by Gasteiger charge is -2.25. The normalized spacial score (nSPS) is 16.3. The summed E-state index contributed by atoms with van der Waals surface area (Å²) in [6, 6.07) is 0. The number of aromatic nitrogens is 2. The highest BCUT2D eigenvalue weighted by Gasteiger charge is 2.19. The molecule has 4 nitrogen and oxygen atoms in total. The quantitative estimate of drug-likeness (QED) is 0.653. The Bertz CT molecular complexity index is 293. The van der Waals surface area contributed by atoms with Crippen molar-refractivity contribution in [1.82, 2.24) is 9.97 Å². The Balaban J connectivity index is 2.00. The summed E-state index contributed by atoms with van der Waals surface area (Å²) in [6.07, 6.45) is 7.29. The van der Waals surface area contributed by atoms with Gasteiger partial charge in [-0.3, -0.25) is 4.79 Å². The highest BCUT2D eigenvalue weighted by atomic mass is 16.5. The molecule has 0 bridgehead atoms. The van der Waals surface area contributed by atoms with Gasteiger partial charge in [0, 0.05) is 0 Å². The van der Waals surface area contributed by atoms with Crippen LogP contribution < -0.4 is 4.74 Å². The van der Waals surface area contributed by atoms with Crippen molar-refractivity contribution in [3.05, 3.63) is 18.1 Å². The second kappa shape index (κ2) is 3.51. The molecule has 0 aromatic carbocycles. The van der Waals surface area contributed by atoms with Crippen molar-refractivity contribution in [1.29, 1.82) is 0 Å². The lowest BCUT2D eigenvalue weighted by atomic mass is 9.96. The third-order valence-corrected chi connectivity index (χ3v) is 2.11. The van der Waals surface area contributed by atoms with Crippen LogP contribution in [0.1, 0.15) is 29.8 Å². The van der Waals surface area contributed by atoms with Crippen LogP contribution in [-0.2, 0) is 0 Å². The van der Waals surface area contributed by atoms with Gasteiger partial charge in [-0.05, 0) is 19.3 Å². The molecule has 0 atom stereocenters. The Labute approximate surface area is 76.0 Å². The fourth-order valence-corrected chi connectivity index (χ4v) is 1.11. The van der Waals surface area contributed by atoms with E-state index in [1.165, 1.54) is 18.8 Å². The van der Waals surface area contributed by atoms with Gasteiger partial charge in [-0.1, -0.05) is 0 Å². The molecule has 1 fully saturated rings. The van der Waals surface area contributed by atoms with Gasteiger partial charge in [0.05, 0.1) is 12.4 Å². The van der Waals surface area contributed by atoms with Gasteiger partial charge in [0.2, 0.25) is 5.88 Å². The zero-order valence-corrected chi connectivity index (χ0v) is 7.14. The fraction of sp³-hybridized carbons (Fsp3) is 0.444. The number of aldehydes is 1. The molecule has 0 aliphatic heterocycles. The highest BCUT2D eigenvalue weighted by Crippen LogP contribution is 2.23. The molecule has 0 N–H and O–H groups in total. The van der Waals surface area contributed by atoms with E-state index in [2.05, 4.69) is 9.97 Å². The van der Waals surface area contributed by atoms with Crippen LogP contribution in [0.2, 0.25) is 0 Å². The van der Waals surface area contributed by atoms with Gasteiger partial charge in [-0.15, -0.1) is 0 Å². The summed E-state index contributed by atoms with van der Waals surface area (Å²) in [5.41, 5.74) is 0.334. The van der Waals surface area contributed by atoms with Crippen molar-refractivity contribution in [3.63, 3.8) is 0 Å². The van der Waals surface area contributed by atoms with Gasteiger partial charge in [0.25, 0.3) is 0 Å². The van der Waals surface area contributed by atoms with Crippen LogP contribution in [-0.4, -0.2) is 22.4 Å². The number of nitrogens with zero attached hydrogens (tertiary/aromatic N) is 2. The van der Waals surface area contributed by atoms with E-state index < -0.39 is 0 Å². The molecule has 2 rings (SSSR count). The molecule has 1 aliphatic rings. The standard InChI is InChI=1S/C9H10N2O2/c12-6-7-4-11-9(5-10-7)13-8-2-1-3-8/h4-6,8H,1-3H2. The van der Waals surface area contributed by atoms with E-state index in [0.29, 0.717) is 24.0 Å². The molecule has 13 heavy (non-hydrogen) atoms. The molecule has 0 spiro atoms. The smallest absolute Gasteiger partial charge is 0.232 e. The van der Waals surface area contributed by atoms with Crippen LogP contribution in [0.25, 0.3) is 0 Å². The van der Waals surface area contributed by atoms with E-state index in [9.17, 15) is 4.79 Å². The maximum Gasteiger partial charge on any atom is 0.232 e. The molecular formula is C9H10N2O2. The molecule has 1 saturated carbocycles. The zero-order valence-electron chi connectivity index (χ0n) is 7.14. The molecule has 0 radical (unpaired) electrons. The first-order valence-corrected chi connectivity index (χ1v) is 4.32. The maximum atomic E-state index is 10.3. The van der Waals surface area contributed by atoms with Crippen LogP contribution in [0, 0.1) is 0 Å². The Morgan fingerprint density at radius 2 is 2.23 bits per heavy atom. The topological polar surface area (TPSA) is 52.1 Å². The van der Waals surface area contributed by atoms with E-state index in [1.54, 1.807) is 0 Å². The third kappa shape index (κ3) is 1.83. The predicted octanol–water partition coefficient (Wildman–Crippen LogP) is 1.22. The van der Waals surface area contributed by atoms with Crippen molar-refractivity contribution in [3.8, 4) is 5.88 Å². The number of carbonyl (C=O) groups excluding carboxylic acids is 1. The molecule has 1 aliphatic carbocycles. The van der Waals surface area contributed by atoms with Gasteiger partial charge < -0.3 is 4.74 Å². The van der Waals surface area contributed by atoms with Crippen LogP contribution in [0.15, 0.2) is 12.4 Å². The number of ether oxygens (including phenoxy) is 1. The molecule has 1 aromatic rings. The van der Waals surface area contributed by atoms with Crippen molar-refractivity contribution in [2.75, 3.05) is 0 Å². The van der Waals surface area contributed by atoms with Gasteiger partial charge >= 0.3 is 0 Å². The number of rotatable bonds is 3. The maximum absolute atomic E-state index is 10.3. The molecule has 1 aromatic heterocycles. The Kier molecular flexibility index (Phi) is 2.21. The Hall–Kier alpha value is -1.45. The molecule has 1 heterocycles. The second-order valence-electron chi connectivity index (χ2n) is 3.07. The van der Waals surface area contributed by atoms with Crippen LogP contribution in [0.4, 0.5) is 0 Å². The van der Waals surface area contributed by atoms with Crippen molar-refractivity contribution >= 4 is 6.29 Å². The first kappa shape index (κ1) is 8.16. The van der Waals surface area contributed by atoms with E-state index in [0.717, 1.165) is 12.8 Å². The molecule has 4 heteroatoms. The van der Waals surface area contributed by atoms with Gasteiger partial charge in [0.1, 0.15) is 11.8 Å². The summed E-state index contributed by atoms with van der Waals surface area (Å²) in [6.45, 7) is 0. The minimum absolute atomic E-state index is 0.302. The van der Waals surface area contributed by atoms with Gasteiger partial charge in [-0.2, -0.15) is 0 Å². The second-order valence-corrected chi connectivity index (χ2v) is 3.07. The van der Waals surface area contributed by atoms with Crippen molar-refractivity contribution in [2.45, 2.75) is 25.4 Å². The van der Waals surface area contributed by atoms with Crippen molar-refractivity contribution < 1.29 is 9.53 Å². The van der Waals surface area contributed by atoms with E-state index in [-0.39, 0.29) is 0 Å². The lowest BCUT2D eigenvalue weighted by molar-refractivity contribution is 0.111. The summed E-state index contributed by atoms with van der Waals surface area (Å²) in [4.78, 5) is 18.1. The average Bonchev–Trinajstić information content (AvgIpc) is 2.12. The molecule has 68 valence electrons. The van der Waals surface area contributed by atoms with Gasteiger partial charge in [-0.25, -0.2) is 9.97 Å². The monoisotopic (exact) mass is 178 g/mol. The number of hydrogen-bond donors (Lipinski definition) is 0. The van der Waals surface area contributed by atoms with Crippen LogP contribution >= 0.6 is 0 Å². The van der Waals surface area contributed by atoms with E-state index in [1.807, 2.05) is 0 Å². The van der Waals surface area contributed by atoms with Gasteiger partial charge in [0.15, 0.2) is 6.29 Å². The summed E-state index contributed by atoms with van der Waals surface area (Å²) >= 11 is 0. The van der Waals surface area contributed by atoms with Crippen LogP contribution in [0.5, 0.6) is 5.88 Å². The number of carbonyl (C=O) groups is 1. The first-order chi connectivity index (χ1) is 6.38. The summed E-state index contributed by atoms with van der Waals surface area (Å²) < 4.78 is 5.46. The summed E-state index contributed by atoms with van der Waals surface area (Å²) in [7, 11) is 0. The average molecular weight is 178 g/mol. The Morgan fingerprint density at radius 1 is 1.38 bits per heavy atom. The fourth-order valence-electron chi connectivity index (χ4n) is 1.11. The molecular weight excluding hydrogens is 168 g/mol. The highest BCUT2D eigenvalue weighted by molar-refractivity contribution is 5.70.